The van der Waals surface area contributed by atoms with Gasteiger partial charge in [-0.15, -0.1) is 0 Å². The van der Waals surface area contributed by atoms with E-state index in [4.69, 9.17) is 11.5 Å². The minimum absolute atomic E-state index is 0.466. The van der Waals surface area contributed by atoms with Crippen LogP contribution in [-0.4, -0.2) is 12.6 Å². The van der Waals surface area contributed by atoms with Crippen LogP contribution in [0.3, 0.4) is 0 Å². The molecule has 0 bridgehead atoms. The lowest BCUT2D eigenvalue weighted by molar-refractivity contribution is 0.274. The molecule has 0 aliphatic heterocycles. The first-order valence-corrected chi connectivity index (χ1v) is 2.78. The summed E-state index contributed by atoms with van der Waals surface area (Å²) in [5.74, 6) is 0.745. The van der Waals surface area contributed by atoms with Gasteiger partial charge >= 0.3 is 0 Å². The maximum Gasteiger partial charge on any atom is 0.00450 e. The highest BCUT2D eigenvalue weighted by Crippen LogP contribution is 2.23. The third kappa shape index (κ3) is 0.924. The molecular weight excluding hydrogens is 88.1 g/mol. The van der Waals surface area contributed by atoms with Crippen molar-refractivity contribution in [2.45, 2.75) is 18.9 Å². The second-order valence-electron chi connectivity index (χ2n) is 2.33. The SMILES string of the molecule is NC[C@H]1C[C@H](N)C1. The second kappa shape index (κ2) is 1.80. The van der Waals surface area contributed by atoms with E-state index in [2.05, 4.69) is 0 Å². The van der Waals surface area contributed by atoms with Gasteiger partial charge in [0, 0.05) is 6.04 Å². The summed E-state index contributed by atoms with van der Waals surface area (Å²) in [4.78, 5) is 0. The molecule has 1 aliphatic rings. The van der Waals surface area contributed by atoms with Gasteiger partial charge in [-0.2, -0.15) is 0 Å². The molecule has 1 saturated carbocycles. The van der Waals surface area contributed by atoms with Gasteiger partial charge in [-0.3, -0.25) is 0 Å². The van der Waals surface area contributed by atoms with Crippen LogP contribution in [0.4, 0.5) is 0 Å². The second-order valence-corrected chi connectivity index (χ2v) is 2.33. The lowest BCUT2D eigenvalue weighted by atomic mass is 9.81. The van der Waals surface area contributed by atoms with E-state index in [-0.39, 0.29) is 0 Å². The summed E-state index contributed by atoms with van der Waals surface area (Å²) < 4.78 is 0. The Kier molecular flexibility index (Phi) is 1.30. The van der Waals surface area contributed by atoms with Crippen molar-refractivity contribution in [3.05, 3.63) is 0 Å². The van der Waals surface area contributed by atoms with Crippen molar-refractivity contribution in [3.63, 3.8) is 0 Å². The first-order chi connectivity index (χ1) is 3.33. The summed E-state index contributed by atoms with van der Waals surface area (Å²) in [6, 6.07) is 0.466. The first kappa shape index (κ1) is 5.06. The highest BCUT2D eigenvalue weighted by Gasteiger charge is 2.23. The molecule has 2 heteroatoms. The monoisotopic (exact) mass is 100 g/mol. The number of hydrogen-bond donors (Lipinski definition) is 2. The summed E-state index contributed by atoms with van der Waals surface area (Å²) in [5.41, 5.74) is 10.8. The van der Waals surface area contributed by atoms with Gasteiger partial charge in [-0.1, -0.05) is 0 Å². The molecular formula is C5H12N2. The third-order valence-corrected chi connectivity index (χ3v) is 1.61. The molecule has 7 heavy (non-hydrogen) atoms. The molecule has 2 nitrogen and oxygen atoms in total. The van der Waals surface area contributed by atoms with E-state index in [0.29, 0.717) is 6.04 Å². The zero-order chi connectivity index (χ0) is 5.28. The normalized spacial score (nSPS) is 40.3. The fourth-order valence-corrected chi connectivity index (χ4v) is 0.980. The van der Waals surface area contributed by atoms with Crippen molar-refractivity contribution in [2.75, 3.05) is 6.54 Å². The molecule has 0 amide bonds. The van der Waals surface area contributed by atoms with E-state index in [1.54, 1.807) is 0 Å². The summed E-state index contributed by atoms with van der Waals surface area (Å²) in [6.07, 6.45) is 2.30. The highest BCUT2D eigenvalue weighted by atomic mass is 14.7. The van der Waals surface area contributed by atoms with Gasteiger partial charge in [0.05, 0.1) is 0 Å². The van der Waals surface area contributed by atoms with E-state index in [0.717, 1.165) is 25.3 Å². The van der Waals surface area contributed by atoms with Crippen LogP contribution in [0.15, 0.2) is 0 Å². The molecule has 0 saturated heterocycles. The minimum Gasteiger partial charge on any atom is -0.330 e. The van der Waals surface area contributed by atoms with E-state index in [1.807, 2.05) is 0 Å². The summed E-state index contributed by atoms with van der Waals surface area (Å²) in [6.45, 7) is 0.827. The zero-order valence-electron chi connectivity index (χ0n) is 4.43. The predicted molar refractivity (Wildman–Crippen MR) is 29.8 cm³/mol. The van der Waals surface area contributed by atoms with Crippen molar-refractivity contribution >= 4 is 0 Å². The topological polar surface area (TPSA) is 52.0 Å². The number of nitrogens with two attached hydrogens (primary N) is 2. The molecule has 0 unspecified atom stereocenters. The van der Waals surface area contributed by atoms with Gasteiger partial charge in [0.15, 0.2) is 0 Å². The van der Waals surface area contributed by atoms with Crippen LogP contribution in [0.25, 0.3) is 0 Å². The fraction of sp³-hybridized carbons (Fsp3) is 1.00. The molecule has 0 radical (unpaired) electrons. The molecule has 0 atom stereocenters. The third-order valence-electron chi connectivity index (χ3n) is 1.61. The van der Waals surface area contributed by atoms with Crippen LogP contribution in [-0.2, 0) is 0 Å². The van der Waals surface area contributed by atoms with Crippen molar-refractivity contribution in [3.8, 4) is 0 Å². The fourth-order valence-electron chi connectivity index (χ4n) is 0.980. The van der Waals surface area contributed by atoms with Crippen LogP contribution in [0.1, 0.15) is 12.8 Å². The smallest absolute Gasteiger partial charge is 0.00450 e. The van der Waals surface area contributed by atoms with Crippen LogP contribution < -0.4 is 11.5 Å². The largest absolute Gasteiger partial charge is 0.330 e. The molecule has 0 aromatic heterocycles. The molecule has 0 aromatic rings. The Morgan fingerprint density at radius 1 is 1.43 bits per heavy atom. The van der Waals surface area contributed by atoms with Gasteiger partial charge in [-0.25, -0.2) is 0 Å². The van der Waals surface area contributed by atoms with E-state index < -0.39 is 0 Å². The average molecular weight is 100 g/mol. The Labute approximate surface area is 43.9 Å². The van der Waals surface area contributed by atoms with Crippen molar-refractivity contribution in [1.29, 1.82) is 0 Å². The van der Waals surface area contributed by atoms with Gasteiger partial charge < -0.3 is 11.5 Å². The van der Waals surface area contributed by atoms with Crippen molar-refractivity contribution < 1.29 is 0 Å². The molecule has 1 rings (SSSR count). The average Bonchev–Trinajstić information content (AvgIpc) is 1.58. The van der Waals surface area contributed by atoms with Gasteiger partial charge in [0.1, 0.15) is 0 Å². The quantitative estimate of drug-likeness (QED) is 0.474. The van der Waals surface area contributed by atoms with Gasteiger partial charge in [0.2, 0.25) is 0 Å². The molecule has 0 spiro atoms. The lowest BCUT2D eigenvalue weighted by Gasteiger charge is -2.30. The summed E-state index contributed by atoms with van der Waals surface area (Å²) in [5, 5.41) is 0. The summed E-state index contributed by atoms with van der Waals surface area (Å²) in [7, 11) is 0. The number of rotatable bonds is 1. The Hall–Kier alpha value is -0.0800. The standard InChI is InChI=1S/C5H12N2/c6-3-4-1-5(7)2-4/h4-5H,1-3,6-7H2/t4-,5-. The molecule has 1 fully saturated rings. The lowest BCUT2D eigenvalue weighted by Crippen LogP contribution is -2.39. The minimum atomic E-state index is 0.466. The predicted octanol–water partition coefficient (Wildman–Crippen LogP) is -0.318. The maximum absolute atomic E-state index is 5.49. The molecule has 0 aromatic carbocycles. The van der Waals surface area contributed by atoms with E-state index in [1.165, 1.54) is 0 Å². The van der Waals surface area contributed by atoms with Gasteiger partial charge in [-0.05, 0) is 25.3 Å². The Bertz CT molecular complexity index is 57.1. The van der Waals surface area contributed by atoms with E-state index in [9.17, 15) is 0 Å². The molecule has 0 heterocycles. The molecule has 4 N–H and O–H groups in total. The molecule has 1 aliphatic carbocycles. The van der Waals surface area contributed by atoms with Crippen LogP contribution >= 0.6 is 0 Å². The maximum atomic E-state index is 5.49. The van der Waals surface area contributed by atoms with Crippen molar-refractivity contribution in [1.82, 2.24) is 0 Å². The van der Waals surface area contributed by atoms with Crippen LogP contribution in [0, 0.1) is 5.92 Å². The number of hydrogen-bond acceptors (Lipinski definition) is 2. The summed E-state index contributed by atoms with van der Waals surface area (Å²) >= 11 is 0. The van der Waals surface area contributed by atoms with Gasteiger partial charge in [0.25, 0.3) is 0 Å². The Morgan fingerprint density at radius 3 is 2.14 bits per heavy atom. The van der Waals surface area contributed by atoms with Crippen LogP contribution in [0.2, 0.25) is 0 Å². The van der Waals surface area contributed by atoms with Crippen molar-refractivity contribution in [2.24, 2.45) is 17.4 Å². The Balaban J connectivity index is 2.06. The van der Waals surface area contributed by atoms with Crippen LogP contribution in [0.5, 0.6) is 0 Å². The molecule has 42 valence electrons. The first-order valence-electron chi connectivity index (χ1n) is 2.78. The highest BCUT2D eigenvalue weighted by molar-refractivity contribution is 4.81. The van der Waals surface area contributed by atoms with E-state index >= 15 is 0 Å². The Morgan fingerprint density at radius 2 is 2.00 bits per heavy atom. The zero-order valence-corrected chi connectivity index (χ0v) is 4.43.